The summed E-state index contributed by atoms with van der Waals surface area (Å²) in [4.78, 5) is 0. The van der Waals surface area contributed by atoms with Gasteiger partial charge < -0.3 is 5.11 Å². The second-order valence-corrected chi connectivity index (χ2v) is 1.87. The Morgan fingerprint density at radius 3 is 2.38 bits per heavy atom. The minimum absolute atomic E-state index is 0.0787. The Morgan fingerprint density at radius 2 is 2.38 bits per heavy atom. The summed E-state index contributed by atoms with van der Waals surface area (Å²) >= 11 is 0. The standard InChI is InChI=1S/C7H12O/c1-4-7(5-8)6(2)3/h4,7-8H,1-2,5H2,3H3. The van der Waals surface area contributed by atoms with E-state index in [4.69, 9.17) is 5.11 Å². The molecule has 1 unspecified atom stereocenters. The van der Waals surface area contributed by atoms with Crippen LogP contribution in [-0.2, 0) is 0 Å². The van der Waals surface area contributed by atoms with Crippen molar-refractivity contribution in [1.82, 2.24) is 0 Å². The fourth-order valence-corrected chi connectivity index (χ4v) is 0.432. The zero-order chi connectivity index (χ0) is 6.57. The van der Waals surface area contributed by atoms with E-state index >= 15 is 0 Å². The third-order valence-corrected chi connectivity index (χ3v) is 1.11. The molecule has 1 N–H and O–H groups in total. The van der Waals surface area contributed by atoms with Gasteiger partial charge in [-0.05, 0) is 6.92 Å². The maximum Gasteiger partial charge on any atom is 0.0530 e. The van der Waals surface area contributed by atoms with Gasteiger partial charge >= 0.3 is 0 Å². The first kappa shape index (κ1) is 7.44. The van der Waals surface area contributed by atoms with Crippen LogP contribution in [0.25, 0.3) is 0 Å². The van der Waals surface area contributed by atoms with Crippen LogP contribution < -0.4 is 0 Å². The number of aliphatic hydroxyl groups is 1. The van der Waals surface area contributed by atoms with Crippen molar-refractivity contribution in [3.05, 3.63) is 24.8 Å². The lowest BCUT2D eigenvalue weighted by atomic mass is 10.0. The molecular weight excluding hydrogens is 100 g/mol. The second-order valence-electron chi connectivity index (χ2n) is 1.87. The lowest BCUT2D eigenvalue weighted by Gasteiger charge is -2.05. The SMILES string of the molecule is C=CC(CO)C(=C)C. The Balaban J connectivity index is 3.69. The first-order chi connectivity index (χ1) is 3.72. The highest BCUT2D eigenvalue weighted by Crippen LogP contribution is 2.06. The number of rotatable bonds is 3. The normalized spacial score (nSPS) is 12.8. The first-order valence-corrected chi connectivity index (χ1v) is 2.61. The van der Waals surface area contributed by atoms with Crippen LogP contribution in [0.5, 0.6) is 0 Å². The Kier molecular flexibility index (Phi) is 3.20. The zero-order valence-corrected chi connectivity index (χ0v) is 5.22. The van der Waals surface area contributed by atoms with Crippen molar-refractivity contribution in [3.63, 3.8) is 0 Å². The summed E-state index contributed by atoms with van der Waals surface area (Å²) in [7, 11) is 0. The fourth-order valence-electron chi connectivity index (χ4n) is 0.432. The van der Waals surface area contributed by atoms with Crippen molar-refractivity contribution in [2.45, 2.75) is 6.92 Å². The van der Waals surface area contributed by atoms with E-state index in [1.807, 2.05) is 6.92 Å². The topological polar surface area (TPSA) is 20.2 Å². The number of aliphatic hydroxyl groups excluding tert-OH is 1. The van der Waals surface area contributed by atoms with Gasteiger partial charge in [-0.2, -0.15) is 0 Å². The van der Waals surface area contributed by atoms with E-state index in [9.17, 15) is 0 Å². The van der Waals surface area contributed by atoms with E-state index in [2.05, 4.69) is 13.2 Å². The van der Waals surface area contributed by atoms with Gasteiger partial charge in [0.05, 0.1) is 6.61 Å². The molecule has 0 radical (unpaired) electrons. The molecule has 0 aliphatic rings. The Hall–Kier alpha value is -0.560. The molecule has 0 aliphatic carbocycles. The summed E-state index contributed by atoms with van der Waals surface area (Å²) in [5, 5.41) is 8.56. The molecule has 1 heteroatoms. The zero-order valence-electron chi connectivity index (χ0n) is 5.22. The number of hydrogen-bond donors (Lipinski definition) is 1. The molecule has 0 bridgehead atoms. The average molecular weight is 112 g/mol. The van der Waals surface area contributed by atoms with Gasteiger partial charge in [-0.1, -0.05) is 18.2 Å². The molecular formula is C7H12O. The maximum atomic E-state index is 8.56. The summed E-state index contributed by atoms with van der Waals surface area (Å²) < 4.78 is 0. The highest BCUT2D eigenvalue weighted by atomic mass is 16.3. The van der Waals surface area contributed by atoms with Crippen LogP contribution in [0.3, 0.4) is 0 Å². The minimum atomic E-state index is 0.0787. The first-order valence-electron chi connectivity index (χ1n) is 2.61. The smallest absolute Gasteiger partial charge is 0.0530 e. The van der Waals surface area contributed by atoms with Gasteiger partial charge in [0.1, 0.15) is 0 Å². The predicted octanol–water partition coefficient (Wildman–Crippen LogP) is 1.36. The summed E-state index contributed by atoms with van der Waals surface area (Å²) in [6.07, 6.45) is 1.70. The van der Waals surface area contributed by atoms with Gasteiger partial charge in [0, 0.05) is 5.92 Å². The fraction of sp³-hybridized carbons (Fsp3) is 0.429. The van der Waals surface area contributed by atoms with E-state index in [0.717, 1.165) is 5.57 Å². The maximum absolute atomic E-state index is 8.56. The van der Waals surface area contributed by atoms with E-state index in [1.165, 1.54) is 0 Å². The number of hydrogen-bond acceptors (Lipinski definition) is 1. The third kappa shape index (κ3) is 1.94. The lowest BCUT2D eigenvalue weighted by Crippen LogP contribution is -2.01. The molecule has 46 valence electrons. The van der Waals surface area contributed by atoms with Crippen LogP contribution in [-0.4, -0.2) is 11.7 Å². The van der Waals surface area contributed by atoms with Gasteiger partial charge in [-0.15, -0.1) is 6.58 Å². The molecule has 0 aromatic rings. The lowest BCUT2D eigenvalue weighted by molar-refractivity contribution is 0.269. The van der Waals surface area contributed by atoms with Gasteiger partial charge in [0.25, 0.3) is 0 Å². The minimum Gasteiger partial charge on any atom is -0.395 e. The molecule has 1 nitrogen and oxygen atoms in total. The predicted molar refractivity (Wildman–Crippen MR) is 35.6 cm³/mol. The van der Waals surface area contributed by atoms with E-state index in [0.29, 0.717) is 0 Å². The van der Waals surface area contributed by atoms with Crippen molar-refractivity contribution in [1.29, 1.82) is 0 Å². The van der Waals surface area contributed by atoms with Crippen molar-refractivity contribution < 1.29 is 5.11 Å². The summed E-state index contributed by atoms with van der Waals surface area (Å²) in [5.41, 5.74) is 0.961. The second kappa shape index (κ2) is 3.44. The van der Waals surface area contributed by atoms with Crippen molar-refractivity contribution >= 4 is 0 Å². The van der Waals surface area contributed by atoms with Crippen LogP contribution in [0.15, 0.2) is 24.8 Å². The van der Waals surface area contributed by atoms with Crippen LogP contribution in [0.4, 0.5) is 0 Å². The monoisotopic (exact) mass is 112 g/mol. The third-order valence-electron chi connectivity index (χ3n) is 1.11. The molecule has 0 aliphatic heterocycles. The van der Waals surface area contributed by atoms with Crippen LogP contribution >= 0.6 is 0 Å². The average Bonchev–Trinajstić information content (AvgIpc) is 1.69. The van der Waals surface area contributed by atoms with Gasteiger partial charge in [0.15, 0.2) is 0 Å². The molecule has 0 saturated carbocycles. The molecule has 0 aromatic heterocycles. The van der Waals surface area contributed by atoms with E-state index in [1.54, 1.807) is 6.08 Å². The largest absolute Gasteiger partial charge is 0.395 e. The van der Waals surface area contributed by atoms with Crippen LogP contribution in [0, 0.1) is 5.92 Å². The summed E-state index contributed by atoms with van der Waals surface area (Å²) in [6, 6.07) is 0. The quantitative estimate of drug-likeness (QED) is 0.546. The van der Waals surface area contributed by atoms with Gasteiger partial charge in [0.2, 0.25) is 0 Å². The van der Waals surface area contributed by atoms with E-state index in [-0.39, 0.29) is 12.5 Å². The van der Waals surface area contributed by atoms with Crippen LogP contribution in [0.1, 0.15) is 6.92 Å². The van der Waals surface area contributed by atoms with Crippen molar-refractivity contribution in [2.24, 2.45) is 5.92 Å². The summed E-state index contributed by atoms with van der Waals surface area (Å²) in [5.74, 6) is 0.0787. The molecule has 1 atom stereocenters. The Labute approximate surface area is 50.3 Å². The molecule has 0 heterocycles. The molecule has 0 fully saturated rings. The van der Waals surface area contributed by atoms with Gasteiger partial charge in [-0.25, -0.2) is 0 Å². The highest BCUT2D eigenvalue weighted by molar-refractivity contribution is 5.03. The molecule has 0 amide bonds. The highest BCUT2D eigenvalue weighted by Gasteiger charge is 1.99. The molecule has 0 rings (SSSR count). The molecule has 0 saturated heterocycles. The van der Waals surface area contributed by atoms with Crippen LogP contribution in [0.2, 0.25) is 0 Å². The summed E-state index contributed by atoms with van der Waals surface area (Å²) in [6.45, 7) is 9.20. The van der Waals surface area contributed by atoms with E-state index < -0.39 is 0 Å². The van der Waals surface area contributed by atoms with Crippen molar-refractivity contribution in [2.75, 3.05) is 6.61 Å². The Morgan fingerprint density at radius 1 is 1.88 bits per heavy atom. The molecule has 0 aromatic carbocycles. The molecule has 8 heavy (non-hydrogen) atoms. The molecule has 0 spiro atoms. The van der Waals surface area contributed by atoms with Crippen molar-refractivity contribution in [3.8, 4) is 0 Å². The Bertz CT molecular complexity index is 94.6. The van der Waals surface area contributed by atoms with Gasteiger partial charge in [-0.3, -0.25) is 0 Å².